The zero-order valence-corrected chi connectivity index (χ0v) is 13.1. The Hall–Kier alpha value is -1.95. The van der Waals surface area contributed by atoms with Crippen LogP contribution in [0.2, 0.25) is 0 Å². The SMILES string of the molecule is COCCCNC(=O)NC(C)c1ccc(OC)cc1OC. The van der Waals surface area contributed by atoms with Gasteiger partial charge in [0.05, 0.1) is 20.3 Å². The lowest BCUT2D eigenvalue weighted by Gasteiger charge is -2.18. The van der Waals surface area contributed by atoms with Crippen LogP contribution in [0.25, 0.3) is 0 Å². The minimum atomic E-state index is -0.212. The van der Waals surface area contributed by atoms with Gasteiger partial charge in [-0.1, -0.05) is 0 Å². The number of rotatable bonds is 8. The Bertz CT molecular complexity index is 451. The fourth-order valence-electron chi connectivity index (χ4n) is 1.92. The van der Waals surface area contributed by atoms with Gasteiger partial charge >= 0.3 is 6.03 Å². The van der Waals surface area contributed by atoms with E-state index in [0.717, 1.165) is 12.0 Å². The molecule has 0 aliphatic rings. The molecule has 0 aromatic heterocycles. The highest BCUT2D eigenvalue weighted by Gasteiger charge is 2.14. The number of carbonyl (C=O) groups excluding carboxylic acids is 1. The molecule has 0 spiro atoms. The first-order valence-corrected chi connectivity index (χ1v) is 6.87. The number of nitrogens with one attached hydrogen (secondary N) is 2. The molecule has 118 valence electrons. The Balaban J connectivity index is 2.58. The Morgan fingerprint density at radius 3 is 2.62 bits per heavy atom. The van der Waals surface area contributed by atoms with Gasteiger partial charge in [-0.2, -0.15) is 0 Å². The number of amides is 2. The van der Waals surface area contributed by atoms with Crippen LogP contribution >= 0.6 is 0 Å². The van der Waals surface area contributed by atoms with E-state index < -0.39 is 0 Å². The second kappa shape index (κ2) is 9.07. The molecule has 0 aliphatic carbocycles. The van der Waals surface area contributed by atoms with Crippen molar-refractivity contribution >= 4 is 6.03 Å². The molecule has 1 aromatic rings. The van der Waals surface area contributed by atoms with Crippen LogP contribution < -0.4 is 20.1 Å². The van der Waals surface area contributed by atoms with Gasteiger partial charge in [0, 0.05) is 31.9 Å². The van der Waals surface area contributed by atoms with Crippen LogP contribution in [0.3, 0.4) is 0 Å². The van der Waals surface area contributed by atoms with Gasteiger partial charge in [0.1, 0.15) is 11.5 Å². The largest absolute Gasteiger partial charge is 0.497 e. The average molecular weight is 296 g/mol. The minimum absolute atomic E-state index is 0.173. The summed E-state index contributed by atoms with van der Waals surface area (Å²) in [5.41, 5.74) is 0.894. The van der Waals surface area contributed by atoms with Gasteiger partial charge < -0.3 is 24.8 Å². The summed E-state index contributed by atoms with van der Waals surface area (Å²) in [4.78, 5) is 11.8. The summed E-state index contributed by atoms with van der Waals surface area (Å²) in [5, 5.41) is 5.66. The normalized spacial score (nSPS) is 11.6. The summed E-state index contributed by atoms with van der Waals surface area (Å²) in [6.07, 6.45) is 0.782. The predicted octanol–water partition coefficient (Wildman–Crippen LogP) is 2.10. The molecule has 6 heteroatoms. The van der Waals surface area contributed by atoms with Gasteiger partial charge in [-0.05, 0) is 25.5 Å². The number of ether oxygens (including phenoxy) is 3. The molecule has 0 saturated carbocycles. The maximum absolute atomic E-state index is 11.8. The van der Waals surface area contributed by atoms with Crippen molar-refractivity contribution in [1.29, 1.82) is 0 Å². The fourth-order valence-corrected chi connectivity index (χ4v) is 1.92. The summed E-state index contributed by atoms with van der Waals surface area (Å²) in [7, 11) is 4.83. The molecule has 2 amide bonds. The molecule has 1 aromatic carbocycles. The molecule has 0 fully saturated rings. The third-order valence-corrected chi connectivity index (χ3v) is 3.07. The Morgan fingerprint density at radius 2 is 2.00 bits per heavy atom. The van der Waals surface area contributed by atoms with Crippen LogP contribution in [-0.4, -0.2) is 40.5 Å². The minimum Gasteiger partial charge on any atom is -0.497 e. The summed E-state index contributed by atoms with van der Waals surface area (Å²) in [5.74, 6) is 1.40. The van der Waals surface area contributed by atoms with Crippen molar-refractivity contribution in [2.24, 2.45) is 0 Å². The van der Waals surface area contributed by atoms with E-state index in [0.29, 0.717) is 24.7 Å². The molecule has 6 nitrogen and oxygen atoms in total. The van der Waals surface area contributed by atoms with Gasteiger partial charge in [0.25, 0.3) is 0 Å². The second-order valence-electron chi connectivity index (χ2n) is 4.58. The highest BCUT2D eigenvalue weighted by Crippen LogP contribution is 2.29. The standard InChI is InChI=1S/C15H24N2O4/c1-11(17-15(18)16-8-5-9-19-2)13-7-6-12(20-3)10-14(13)21-4/h6-7,10-11H,5,8-9H2,1-4H3,(H2,16,17,18). The lowest BCUT2D eigenvalue weighted by molar-refractivity contribution is 0.193. The average Bonchev–Trinajstić information content (AvgIpc) is 2.50. The quantitative estimate of drug-likeness (QED) is 0.721. The molecule has 21 heavy (non-hydrogen) atoms. The van der Waals surface area contributed by atoms with E-state index in [2.05, 4.69) is 10.6 Å². The predicted molar refractivity (Wildman–Crippen MR) is 81.0 cm³/mol. The van der Waals surface area contributed by atoms with E-state index in [1.165, 1.54) is 0 Å². The zero-order valence-electron chi connectivity index (χ0n) is 13.1. The van der Waals surface area contributed by atoms with Crippen molar-refractivity contribution in [3.8, 4) is 11.5 Å². The molecular weight excluding hydrogens is 272 g/mol. The number of urea groups is 1. The number of methoxy groups -OCH3 is 3. The Labute approximate surface area is 125 Å². The van der Waals surface area contributed by atoms with Crippen LogP contribution in [0.1, 0.15) is 24.9 Å². The summed E-state index contributed by atoms with van der Waals surface area (Å²) in [6.45, 7) is 3.10. The van der Waals surface area contributed by atoms with E-state index in [-0.39, 0.29) is 12.1 Å². The molecular formula is C15H24N2O4. The molecule has 2 N–H and O–H groups in total. The summed E-state index contributed by atoms with van der Waals surface area (Å²) < 4.78 is 15.4. The van der Waals surface area contributed by atoms with E-state index in [9.17, 15) is 4.79 Å². The van der Waals surface area contributed by atoms with Crippen LogP contribution in [0.5, 0.6) is 11.5 Å². The number of benzene rings is 1. The van der Waals surface area contributed by atoms with E-state index >= 15 is 0 Å². The molecule has 0 heterocycles. The maximum Gasteiger partial charge on any atom is 0.315 e. The third kappa shape index (κ3) is 5.51. The van der Waals surface area contributed by atoms with Crippen molar-refractivity contribution in [2.45, 2.75) is 19.4 Å². The molecule has 0 bridgehead atoms. The molecule has 0 saturated heterocycles. The van der Waals surface area contributed by atoms with E-state index in [4.69, 9.17) is 14.2 Å². The van der Waals surface area contributed by atoms with Gasteiger partial charge in [0.2, 0.25) is 0 Å². The van der Waals surface area contributed by atoms with Gasteiger partial charge in [-0.25, -0.2) is 4.79 Å². The van der Waals surface area contributed by atoms with Gasteiger partial charge in [-0.3, -0.25) is 0 Å². The lowest BCUT2D eigenvalue weighted by atomic mass is 10.1. The number of carbonyl (C=O) groups is 1. The molecule has 1 rings (SSSR count). The summed E-state index contributed by atoms with van der Waals surface area (Å²) in [6, 6.07) is 5.13. The van der Waals surface area contributed by atoms with E-state index in [1.807, 2.05) is 19.1 Å². The molecule has 1 atom stereocenters. The Kier molecular flexibility index (Phi) is 7.39. The first-order chi connectivity index (χ1) is 10.1. The zero-order chi connectivity index (χ0) is 15.7. The van der Waals surface area contributed by atoms with Crippen molar-refractivity contribution < 1.29 is 19.0 Å². The second-order valence-corrected chi connectivity index (χ2v) is 4.58. The monoisotopic (exact) mass is 296 g/mol. The van der Waals surface area contributed by atoms with Crippen LogP contribution in [0.15, 0.2) is 18.2 Å². The van der Waals surface area contributed by atoms with E-state index in [1.54, 1.807) is 27.4 Å². The van der Waals surface area contributed by atoms with Crippen molar-refractivity contribution in [3.63, 3.8) is 0 Å². The van der Waals surface area contributed by atoms with Crippen LogP contribution in [0, 0.1) is 0 Å². The first-order valence-electron chi connectivity index (χ1n) is 6.87. The maximum atomic E-state index is 11.8. The molecule has 1 unspecified atom stereocenters. The third-order valence-electron chi connectivity index (χ3n) is 3.07. The fraction of sp³-hybridized carbons (Fsp3) is 0.533. The summed E-state index contributed by atoms with van der Waals surface area (Å²) >= 11 is 0. The first kappa shape index (κ1) is 17.1. The van der Waals surface area contributed by atoms with Crippen LogP contribution in [-0.2, 0) is 4.74 Å². The highest BCUT2D eigenvalue weighted by molar-refractivity contribution is 5.74. The smallest absolute Gasteiger partial charge is 0.315 e. The number of hydrogen-bond donors (Lipinski definition) is 2. The van der Waals surface area contributed by atoms with Gasteiger partial charge in [-0.15, -0.1) is 0 Å². The molecule has 0 aliphatic heterocycles. The highest BCUT2D eigenvalue weighted by atomic mass is 16.5. The van der Waals surface area contributed by atoms with Crippen molar-refractivity contribution in [1.82, 2.24) is 10.6 Å². The lowest BCUT2D eigenvalue weighted by Crippen LogP contribution is -2.37. The van der Waals surface area contributed by atoms with Crippen molar-refractivity contribution in [2.75, 3.05) is 34.5 Å². The molecule has 0 radical (unpaired) electrons. The number of hydrogen-bond acceptors (Lipinski definition) is 4. The van der Waals surface area contributed by atoms with Crippen LogP contribution in [0.4, 0.5) is 4.79 Å². The Morgan fingerprint density at radius 1 is 1.24 bits per heavy atom. The topological polar surface area (TPSA) is 68.8 Å². The van der Waals surface area contributed by atoms with Crippen molar-refractivity contribution in [3.05, 3.63) is 23.8 Å². The van der Waals surface area contributed by atoms with Gasteiger partial charge in [0.15, 0.2) is 0 Å².